The van der Waals surface area contributed by atoms with Gasteiger partial charge in [0.1, 0.15) is 12.0 Å². The van der Waals surface area contributed by atoms with Gasteiger partial charge in [-0.25, -0.2) is 0 Å². The topological polar surface area (TPSA) is 52.3 Å². The van der Waals surface area contributed by atoms with Crippen molar-refractivity contribution >= 4 is 12.0 Å². The molecule has 2 N–H and O–H groups in total. The molecule has 0 heterocycles. The second kappa shape index (κ2) is 4.38. The molecule has 0 amide bonds. The maximum atomic E-state index is 9.97. The Morgan fingerprint density at radius 3 is 2.83 bits per heavy atom. The molecule has 0 aliphatic rings. The zero-order valence-corrected chi connectivity index (χ0v) is 6.69. The van der Waals surface area contributed by atoms with Crippen LogP contribution < -0.4 is 10.5 Å². The molecule has 64 valence electrons. The number of rotatable bonds is 4. The molecular weight excluding hydrogens is 154 g/mol. The van der Waals surface area contributed by atoms with E-state index in [4.69, 9.17) is 10.5 Å². The number of aldehydes is 1. The number of carbonyl (C=O) groups is 1. The maximum absolute atomic E-state index is 9.97. The standard InChI is InChI=1S/C9H11NO2/c10-8-4-1-2-5-9(8)12-7-3-6-11/h1-2,4-6H,3,7,10H2. The summed E-state index contributed by atoms with van der Waals surface area (Å²) in [5, 5.41) is 0. The molecule has 0 aliphatic heterocycles. The number of carbonyl (C=O) groups excluding carboxylic acids is 1. The Labute approximate surface area is 71.1 Å². The van der Waals surface area contributed by atoms with Gasteiger partial charge in [-0.1, -0.05) is 12.1 Å². The zero-order chi connectivity index (χ0) is 8.81. The van der Waals surface area contributed by atoms with Crippen LogP contribution in [0.2, 0.25) is 0 Å². The number of ether oxygens (including phenoxy) is 1. The molecule has 3 nitrogen and oxygen atoms in total. The lowest BCUT2D eigenvalue weighted by atomic mass is 10.3. The van der Waals surface area contributed by atoms with Crippen LogP contribution in [0.5, 0.6) is 5.75 Å². The largest absolute Gasteiger partial charge is 0.491 e. The molecule has 0 saturated carbocycles. The van der Waals surface area contributed by atoms with E-state index < -0.39 is 0 Å². The fourth-order valence-electron chi connectivity index (χ4n) is 0.829. The molecule has 0 fully saturated rings. The number of nitrogens with two attached hydrogens (primary N) is 1. The molecule has 0 aliphatic carbocycles. The van der Waals surface area contributed by atoms with Gasteiger partial charge in [-0.15, -0.1) is 0 Å². The number of anilines is 1. The first kappa shape index (κ1) is 8.59. The minimum atomic E-state index is 0.387. The van der Waals surface area contributed by atoms with Gasteiger partial charge in [-0.05, 0) is 12.1 Å². The Hall–Kier alpha value is -1.51. The minimum Gasteiger partial charge on any atom is -0.491 e. The van der Waals surface area contributed by atoms with E-state index in [1.165, 1.54) is 0 Å². The van der Waals surface area contributed by atoms with Gasteiger partial charge in [0.05, 0.1) is 12.3 Å². The Kier molecular flexibility index (Phi) is 3.14. The third kappa shape index (κ3) is 2.27. The van der Waals surface area contributed by atoms with E-state index in [-0.39, 0.29) is 0 Å². The van der Waals surface area contributed by atoms with Crippen molar-refractivity contribution in [2.75, 3.05) is 12.3 Å². The predicted molar refractivity (Wildman–Crippen MR) is 47.0 cm³/mol. The van der Waals surface area contributed by atoms with Crippen LogP contribution in [0.4, 0.5) is 5.69 Å². The van der Waals surface area contributed by atoms with E-state index in [1.807, 2.05) is 12.1 Å². The van der Waals surface area contributed by atoms with E-state index in [9.17, 15) is 4.79 Å². The second-order valence-electron chi connectivity index (χ2n) is 2.34. The van der Waals surface area contributed by atoms with Crippen LogP contribution in [0.1, 0.15) is 6.42 Å². The van der Waals surface area contributed by atoms with E-state index in [2.05, 4.69) is 0 Å². The molecule has 0 saturated heterocycles. The Bertz CT molecular complexity index is 260. The van der Waals surface area contributed by atoms with E-state index >= 15 is 0 Å². The quantitative estimate of drug-likeness (QED) is 0.415. The van der Waals surface area contributed by atoms with Gasteiger partial charge >= 0.3 is 0 Å². The number of hydrogen-bond donors (Lipinski definition) is 1. The number of para-hydroxylation sites is 2. The molecule has 0 spiro atoms. The van der Waals surface area contributed by atoms with Crippen molar-refractivity contribution in [1.29, 1.82) is 0 Å². The smallest absolute Gasteiger partial charge is 0.142 e. The molecule has 0 unspecified atom stereocenters. The molecule has 0 aromatic heterocycles. The lowest BCUT2D eigenvalue weighted by molar-refractivity contribution is -0.108. The average Bonchev–Trinajstić information content (AvgIpc) is 2.09. The van der Waals surface area contributed by atoms with E-state index in [0.717, 1.165) is 6.29 Å². The van der Waals surface area contributed by atoms with Crippen LogP contribution >= 0.6 is 0 Å². The molecule has 3 heteroatoms. The van der Waals surface area contributed by atoms with Crippen LogP contribution in [-0.4, -0.2) is 12.9 Å². The molecular formula is C9H11NO2. The lowest BCUT2D eigenvalue weighted by Gasteiger charge is -2.05. The van der Waals surface area contributed by atoms with Gasteiger partial charge in [0.25, 0.3) is 0 Å². The summed E-state index contributed by atoms with van der Waals surface area (Å²) in [6, 6.07) is 7.21. The highest BCUT2D eigenvalue weighted by Gasteiger charge is 1.96. The van der Waals surface area contributed by atoms with Crippen LogP contribution in [0.15, 0.2) is 24.3 Å². The summed E-state index contributed by atoms with van der Waals surface area (Å²) < 4.78 is 5.22. The minimum absolute atomic E-state index is 0.387. The predicted octanol–water partition coefficient (Wildman–Crippen LogP) is 1.24. The summed E-state index contributed by atoms with van der Waals surface area (Å²) in [4.78, 5) is 9.97. The SMILES string of the molecule is Nc1ccccc1OCCC=O. The van der Waals surface area contributed by atoms with Gasteiger partial charge in [0.2, 0.25) is 0 Å². The third-order valence-corrected chi connectivity index (χ3v) is 1.41. The first-order chi connectivity index (χ1) is 5.84. The molecule has 1 rings (SSSR count). The van der Waals surface area contributed by atoms with Crippen molar-refractivity contribution in [1.82, 2.24) is 0 Å². The summed E-state index contributed by atoms with van der Waals surface area (Å²) in [6.07, 6.45) is 1.22. The van der Waals surface area contributed by atoms with Gasteiger partial charge in [0, 0.05) is 6.42 Å². The number of benzene rings is 1. The number of nitrogen functional groups attached to an aromatic ring is 1. The normalized spacial score (nSPS) is 9.33. The van der Waals surface area contributed by atoms with Crippen molar-refractivity contribution in [3.63, 3.8) is 0 Å². The first-order valence-electron chi connectivity index (χ1n) is 3.75. The fraction of sp³-hybridized carbons (Fsp3) is 0.222. The van der Waals surface area contributed by atoms with Gasteiger partial charge in [0.15, 0.2) is 0 Å². The van der Waals surface area contributed by atoms with E-state index in [1.54, 1.807) is 12.1 Å². The fourth-order valence-corrected chi connectivity index (χ4v) is 0.829. The lowest BCUT2D eigenvalue weighted by Crippen LogP contribution is -2.00. The first-order valence-corrected chi connectivity index (χ1v) is 3.75. The van der Waals surface area contributed by atoms with Crippen LogP contribution in [0, 0.1) is 0 Å². The molecule has 0 atom stereocenters. The van der Waals surface area contributed by atoms with Crippen LogP contribution in [0.3, 0.4) is 0 Å². The molecule has 1 aromatic rings. The Morgan fingerprint density at radius 1 is 1.42 bits per heavy atom. The highest BCUT2D eigenvalue weighted by atomic mass is 16.5. The summed E-state index contributed by atoms with van der Waals surface area (Å²) in [7, 11) is 0. The monoisotopic (exact) mass is 165 g/mol. The third-order valence-electron chi connectivity index (χ3n) is 1.41. The molecule has 12 heavy (non-hydrogen) atoms. The van der Waals surface area contributed by atoms with Crippen molar-refractivity contribution in [2.24, 2.45) is 0 Å². The summed E-state index contributed by atoms with van der Waals surface area (Å²) in [5.74, 6) is 0.638. The number of hydrogen-bond acceptors (Lipinski definition) is 3. The van der Waals surface area contributed by atoms with Crippen LogP contribution in [0.25, 0.3) is 0 Å². The van der Waals surface area contributed by atoms with Crippen molar-refractivity contribution in [3.8, 4) is 5.75 Å². The maximum Gasteiger partial charge on any atom is 0.142 e. The summed E-state index contributed by atoms with van der Waals surface area (Å²) in [5.41, 5.74) is 6.19. The van der Waals surface area contributed by atoms with Gasteiger partial charge in [-0.2, -0.15) is 0 Å². The molecule has 0 bridgehead atoms. The van der Waals surface area contributed by atoms with E-state index in [0.29, 0.717) is 24.5 Å². The molecule has 1 aromatic carbocycles. The van der Waals surface area contributed by atoms with Crippen molar-refractivity contribution in [2.45, 2.75) is 6.42 Å². The highest BCUT2D eigenvalue weighted by molar-refractivity contribution is 5.52. The zero-order valence-electron chi connectivity index (χ0n) is 6.69. The van der Waals surface area contributed by atoms with Crippen molar-refractivity contribution in [3.05, 3.63) is 24.3 Å². The van der Waals surface area contributed by atoms with Crippen molar-refractivity contribution < 1.29 is 9.53 Å². The Balaban J connectivity index is 2.51. The van der Waals surface area contributed by atoms with Gasteiger partial charge in [-0.3, -0.25) is 0 Å². The van der Waals surface area contributed by atoms with Crippen LogP contribution in [-0.2, 0) is 4.79 Å². The average molecular weight is 165 g/mol. The van der Waals surface area contributed by atoms with Gasteiger partial charge < -0.3 is 15.3 Å². The summed E-state index contributed by atoms with van der Waals surface area (Å²) >= 11 is 0. The highest BCUT2D eigenvalue weighted by Crippen LogP contribution is 2.19. The summed E-state index contributed by atoms with van der Waals surface area (Å²) in [6.45, 7) is 0.387. The second-order valence-corrected chi connectivity index (χ2v) is 2.34. The molecule has 0 radical (unpaired) electrons. The Morgan fingerprint density at radius 2 is 2.17 bits per heavy atom.